The van der Waals surface area contributed by atoms with E-state index in [0.717, 1.165) is 17.5 Å². The van der Waals surface area contributed by atoms with Crippen LogP contribution in [0.4, 0.5) is 0 Å². The van der Waals surface area contributed by atoms with Crippen molar-refractivity contribution in [3.05, 3.63) is 70.9 Å². The van der Waals surface area contributed by atoms with Crippen molar-refractivity contribution in [1.82, 2.24) is 9.80 Å². The van der Waals surface area contributed by atoms with Crippen molar-refractivity contribution in [2.45, 2.75) is 19.4 Å². The number of benzene rings is 1. The van der Waals surface area contributed by atoms with Crippen LogP contribution in [0.1, 0.15) is 34.6 Å². The summed E-state index contributed by atoms with van der Waals surface area (Å²) in [5.41, 5.74) is 2.02. The third-order valence-electron chi connectivity index (χ3n) is 4.79. The number of rotatable bonds is 7. The fraction of sp³-hybridized carbons (Fsp3) is 0.333. The molecule has 0 saturated heterocycles. The van der Waals surface area contributed by atoms with Crippen LogP contribution in [0.2, 0.25) is 0 Å². The van der Waals surface area contributed by atoms with Crippen LogP contribution in [0.15, 0.2) is 58.4 Å². The van der Waals surface area contributed by atoms with Crippen molar-refractivity contribution in [2.75, 3.05) is 27.2 Å². The minimum Gasteiger partial charge on any atom is -0.503 e. The van der Waals surface area contributed by atoms with Gasteiger partial charge in [0.25, 0.3) is 5.91 Å². The van der Waals surface area contributed by atoms with E-state index in [-0.39, 0.29) is 11.3 Å². The number of nitrogens with zero attached hydrogens (tertiary/aromatic N) is 2. The maximum absolute atomic E-state index is 13.0. The number of ketones is 1. The van der Waals surface area contributed by atoms with Gasteiger partial charge in [-0.1, -0.05) is 31.2 Å². The quantitative estimate of drug-likeness (QED) is 0.761. The van der Waals surface area contributed by atoms with E-state index in [4.69, 9.17) is 4.42 Å². The Labute approximate surface area is 158 Å². The minimum atomic E-state index is -0.638. The van der Waals surface area contributed by atoms with Crippen LogP contribution in [-0.4, -0.2) is 53.8 Å². The van der Waals surface area contributed by atoms with E-state index >= 15 is 0 Å². The second-order valence-corrected chi connectivity index (χ2v) is 6.87. The number of aliphatic hydroxyl groups is 1. The van der Waals surface area contributed by atoms with Crippen molar-refractivity contribution in [3.8, 4) is 0 Å². The van der Waals surface area contributed by atoms with E-state index in [1.165, 1.54) is 12.3 Å². The van der Waals surface area contributed by atoms with Crippen LogP contribution in [0.3, 0.4) is 0 Å². The highest BCUT2D eigenvalue weighted by atomic mass is 16.3. The number of amides is 1. The van der Waals surface area contributed by atoms with E-state index < -0.39 is 23.5 Å². The molecule has 3 rings (SSSR count). The van der Waals surface area contributed by atoms with Gasteiger partial charge in [0.1, 0.15) is 0 Å². The third-order valence-corrected chi connectivity index (χ3v) is 4.79. The second kappa shape index (κ2) is 7.80. The summed E-state index contributed by atoms with van der Waals surface area (Å²) in [5.74, 6) is -1.40. The molecule has 6 nitrogen and oxygen atoms in total. The molecule has 1 aromatic heterocycles. The van der Waals surface area contributed by atoms with Gasteiger partial charge in [0.2, 0.25) is 5.78 Å². The topological polar surface area (TPSA) is 74.0 Å². The van der Waals surface area contributed by atoms with E-state index in [0.29, 0.717) is 13.1 Å². The molecule has 1 aliphatic heterocycles. The molecule has 1 atom stereocenters. The van der Waals surface area contributed by atoms with Crippen molar-refractivity contribution in [2.24, 2.45) is 0 Å². The van der Waals surface area contributed by atoms with Crippen LogP contribution in [0.5, 0.6) is 0 Å². The van der Waals surface area contributed by atoms with Crippen molar-refractivity contribution in [3.63, 3.8) is 0 Å². The zero-order valence-corrected chi connectivity index (χ0v) is 15.8. The van der Waals surface area contributed by atoms with E-state index in [1.54, 1.807) is 11.0 Å². The maximum Gasteiger partial charge on any atom is 0.290 e. The Morgan fingerprint density at radius 3 is 2.48 bits per heavy atom. The first-order valence-corrected chi connectivity index (χ1v) is 9.00. The van der Waals surface area contributed by atoms with Gasteiger partial charge in [0.05, 0.1) is 17.9 Å². The fourth-order valence-electron chi connectivity index (χ4n) is 3.25. The molecule has 2 heterocycles. The largest absolute Gasteiger partial charge is 0.503 e. The first-order valence-electron chi connectivity index (χ1n) is 9.00. The zero-order valence-electron chi connectivity index (χ0n) is 15.8. The van der Waals surface area contributed by atoms with Crippen LogP contribution < -0.4 is 0 Å². The lowest BCUT2D eigenvalue weighted by molar-refractivity contribution is -0.129. The van der Waals surface area contributed by atoms with Gasteiger partial charge >= 0.3 is 0 Å². The number of aryl methyl sites for hydroxylation is 1. The molecule has 142 valence electrons. The molecule has 0 fully saturated rings. The molecule has 0 aliphatic carbocycles. The Bertz CT molecular complexity index is 851. The molecule has 6 heteroatoms. The van der Waals surface area contributed by atoms with E-state index in [1.807, 2.05) is 43.3 Å². The predicted molar refractivity (Wildman–Crippen MR) is 102 cm³/mol. The molecular weight excluding hydrogens is 344 g/mol. The van der Waals surface area contributed by atoms with Gasteiger partial charge in [-0.05, 0) is 43.8 Å². The molecule has 1 amide bonds. The summed E-state index contributed by atoms with van der Waals surface area (Å²) < 4.78 is 5.21. The summed E-state index contributed by atoms with van der Waals surface area (Å²) in [7, 11) is 3.82. The molecule has 1 N–H and O–H groups in total. The summed E-state index contributed by atoms with van der Waals surface area (Å²) in [6.45, 7) is 3.07. The monoisotopic (exact) mass is 368 g/mol. The first kappa shape index (κ1) is 18.9. The van der Waals surface area contributed by atoms with Gasteiger partial charge in [-0.25, -0.2) is 0 Å². The zero-order chi connectivity index (χ0) is 19.6. The lowest BCUT2D eigenvalue weighted by atomic mass is 9.94. The molecule has 0 spiro atoms. The highest BCUT2D eigenvalue weighted by Crippen LogP contribution is 2.38. The van der Waals surface area contributed by atoms with Crippen molar-refractivity contribution < 1.29 is 19.1 Å². The average molecular weight is 368 g/mol. The van der Waals surface area contributed by atoms with E-state index in [9.17, 15) is 14.7 Å². The van der Waals surface area contributed by atoms with Crippen molar-refractivity contribution >= 4 is 11.7 Å². The first-order chi connectivity index (χ1) is 12.9. The van der Waals surface area contributed by atoms with Gasteiger partial charge < -0.3 is 19.3 Å². The fourth-order valence-corrected chi connectivity index (χ4v) is 3.25. The van der Waals surface area contributed by atoms with Gasteiger partial charge in [-0.2, -0.15) is 0 Å². The average Bonchev–Trinajstić information content (AvgIpc) is 3.28. The number of furan rings is 1. The number of carbonyl (C=O) groups is 2. The molecule has 2 aromatic rings. The molecule has 0 radical (unpaired) electrons. The smallest absolute Gasteiger partial charge is 0.290 e. The lowest BCUT2D eigenvalue weighted by Gasteiger charge is -2.28. The van der Waals surface area contributed by atoms with Crippen molar-refractivity contribution in [1.29, 1.82) is 0 Å². The normalized spacial score (nSPS) is 17.3. The lowest BCUT2D eigenvalue weighted by Crippen LogP contribution is -2.36. The SMILES string of the molecule is CCc1ccc(C2C(C(=O)c3ccco3)=C(O)C(=O)N2CCN(C)C)cc1. The highest BCUT2D eigenvalue weighted by molar-refractivity contribution is 6.15. The Morgan fingerprint density at radius 2 is 1.93 bits per heavy atom. The second-order valence-electron chi connectivity index (χ2n) is 6.87. The Morgan fingerprint density at radius 1 is 1.22 bits per heavy atom. The molecule has 0 bridgehead atoms. The molecule has 1 aromatic carbocycles. The predicted octanol–water partition coefficient (Wildman–Crippen LogP) is 2.98. The van der Waals surface area contributed by atoms with Gasteiger partial charge in [-0.3, -0.25) is 9.59 Å². The van der Waals surface area contributed by atoms with Crippen LogP contribution in [-0.2, 0) is 11.2 Å². The van der Waals surface area contributed by atoms with Gasteiger partial charge in [0, 0.05) is 13.1 Å². The van der Waals surface area contributed by atoms with Crippen LogP contribution >= 0.6 is 0 Å². The molecule has 1 aliphatic rings. The summed E-state index contributed by atoms with van der Waals surface area (Å²) >= 11 is 0. The van der Waals surface area contributed by atoms with Crippen LogP contribution in [0, 0.1) is 0 Å². The Hall–Kier alpha value is -2.86. The van der Waals surface area contributed by atoms with Gasteiger partial charge in [0.15, 0.2) is 11.5 Å². The minimum absolute atomic E-state index is 0.0676. The summed E-state index contributed by atoms with van der Waals surface area (Å²) in [4.78, 5) is 29.2. The van der Waals surface area contributed by atoms with Crippen LogP contribution in [0.25, 0.3) is 0 Å². The Kier molecular flexibility index (Phi) is 5.46. The number of carbonyl (C=O) groups excluding carboxylic acids is 2. The molecule has 0 saturated carbocycles. The third kappa shape index (κ3) is 3.66. The molecule has 27 heavy (non-hydrogen) atoms. The number of hydrogen-bond acceptors (Lipinski definition) is 5. The highest BCUT2D eigenvalue weighted by Gasteiger charge is 2.44. The summed E-state index contributed by atoms with van der Waals surface area (Å²) in [6.07, 6.45) is 2.30. The number of Topliss-reactive ketones (excluding diaryl/α,β-unsaturated/α-hetero) is 1. The number of likely N-dealkylation sites (N-methyl/N-ethyl adjacent to an activating group) is 1. The Balaban J connectivity index is 2.04. The maximum atomic E-state index is 13.0. The molecular formula is C21H24N2O4. The standard InChI is InChI=1S/C21H24N2O4/c1-4-14-7-9-15(10-8-14)18-17(19(24)16-6-5-13-27-16)20(25)21(26)23(18)12-11-22(2)3/h5-10,13,18,25H,4,11-12H2,1-3H3. The number of aliphatic hydroxyl groups excluding tert-OH is 1. The summed E-state index contributed by atoms with van der Waals surface area (Å²) in [5, 5.41) is 10.5. The van der Waals surface area contributed by atoms with Gasteiger partial charge in [-0.15, -0.1) is 0 Å². The summed E-state index contributed by atoms with van der Waals surface area (Å²) in [6, 6.07) is 10.3. The molecule has 1 unspecified atom stereocenters. The number of hydrogen-bond donors (Lipinski definition) is 1. The van der Waals surface area contributed by atoms with E-state index in [2.05, 4.69) is 6.92 Å².